The summed E-state index contributed by atoms with van der Waals surface area (Å²) >= 11 is 0. The van der Waals surface area contributed by atoms with E-state index in [-0.39, 0.29) is 0 Å². The van der Waals surface area contributed by atoms with Crippen LogP contribution in [0, 0.1) is 12.8 Å². The van der Waals surface area contributed by atoms with Crippen molar-refractivity contribution in [1.82, 2.24) is 15.0 Å². The van der Waals surface area contributed by atoms with Gasteiger partial charge in [0, 0.05) is 12.1 Å². The Kier molecular flexibility index (Phi) is 3.80. The molecule has 0 bridgehead atoms. The zero-order valence-electron chi connectivity index (χ0n) is 11.7. The van der Waals surface area contributed by atoms with Gasteiger partial charge in [0.25, 0.3) is 0 Å². The average molecular weight is 272 g/mol. The van der Waals surface area contributed by atoms with Crippen LogP contribution < -0.4 is 5.73 Å². The second kappa shape index (κ2) is 5.73. The van der Waals surface area contributed by atoms with Crippen LogP contribution in [0.3, 0.4) is 0 Å². The molecule has 3 rings (SSSR count). The number of nitrogens with two attached hydrogens (primary N) is 1. The van der Waals surface area contributed by atoms with Gasteiger partial charge in [0.1, 0.15) is 0 Å². The standard InChI is InChI=1S/C15H20N4O/c1-11-2-4-13(5-3-11)15-17-14(20-18-15)10-19-7-6-12(8-16)9-19/h2-5,12H,6-10,16H2,1H3. The number of hydrogen-bond acceptors (Lipinski definition) is 5. The van der Waals surface area contributed by atoms with Gasteiger partial charge in [-0.1, -0.05) is 35.0 Å². The Morgan fingerprint density at radius 1 is 1.35 bits per heavy atom. The third-order valence-corrected chi connectivity index (χ3v) is 3.84. The predicted molar refractivity (Wildman–Crippen MR) is 76.9 cm³/mol. The van der Waals surface area contributed by atoms with Crippen molar-refractivity contribution in [2.24, 2.45) is 11.7 Å². The molecule has 0 aliphatic carbocycles. The van der Waals surface area contributed by atoms with Crippen LogP contribution in [0.25, 0.3) is 11.4 Å². The maximum Gasteiger partial charge on any atom is 0.241 e. The van der Waals surface area contributed by atoms with Gasteiger partial charge >= 0.3 is 0 Å². The topological polar surface area (TPSA) is 68.2 Å². The predicted octanol–water partition coefficient (Wildman–Crippen LogP) is 1.83. The number of likely N-dealkylation sites (tertiary alicyclic amines) is 1. The fourth-order valence-corrected chi connectivity index (χ4v) is 2.58. The van der Waals surface area contributed by atoms with E-state index < -0.39 is 0 Å². The van der Waals surface area contributed by atoms with Crippen LogP contribution >= 0.6 is 0 Å². The number of hydrogen-bond donors (Lipinski definition) is 1. The van der Waals surface area contributed by atoms with E-state index in [0.717, 1.165) is 38.2 Å². The maximum absolute atomic E-state index is 5.70. The molecule has 1 aromatic carbocycles. The molecule has 0 spiro atoms. The third kappa shape index (κ3) is 2.89. The Balaban J connectivity index is 1.66. The summed E-state index contributed by atoms with van der Waals surface area (Å²) in [5.41, 5.74) is 7.92. The molecular weight excluding hydrogens is 252 g/mol. The van der Waals surface area contributed by atoms with Crippen molar-refractivity contribution in [2.45, 2.75) is 19.9 Å². The average Bonchev–Trinajstić information content (AvgIpc) is 3.09. The zero-order valence-corrected chi connectivity index (χ0v) is 11.7. The molecule has 1 aliphatic rings. The van der Waals surface area contributed by atoms with E-state index in [2.05, 4.69) is 34.1 Å². The Hall–Kier alpha value is -1.72. The minimum atomic E-state index is 0.606. The van der Waals surface area contributed by atoms with Gasteiger partial charge in [-0.2, -0.15) is 4.98 Å². The van der Waals surface area contributed by atoms with Crippen LogP contribution in [0.15, 0.2) is 28.8 Å². The lowest BCUT2D eigenvalue weighted by Crippen LogP contribution is -2.22. The number of rotatable bonds is 4. The van der Waals surface area contributed by atoms with Crippen LogP contribution in [0.4, 0.5) is 0 Å². The molecule has 2 N–H and O–H groups in total. The van der Waals surface area contributed by atoms with Crippen LogP contribution in [-0.4, -0.2) is 34.7 Å². The molecule has 2 heterocycles. The minimum Gasteiger partial charge on any atom is -0.338 e. The molecule has 0 amide bonds. The lowest BCUT2D eigenvalue weighted by atomic mass is 10.1. The monoisotopic (exact) mass is 272 g/mol. The first kappa shape index (κ1) is 13.3. The van der Waals surface area contributed by atoms with Crippen molar-refractivity contribution in [2.75, 3.05) is 19.6 Å². The molecule has 5 nitrogen and oxygen atoms in total. The quantitative estimate of drug-likeness (QED) is 0.919. The molecule has 1 aliphatic heterocycles. The SMILES string of the molecule is Cc1ccc(-c2noc(CN3CCC(CN)C3)n2)cc1. The van der Waals surface area contributed by atoms with Crippen molar-refractivity contribution in [3.05, 3.63) is 35.7 Å². The van der Waals surface area contributed by atoms with Crippen molar-refractivity contribution >= 4 is 0 Å². The fraction of sp³-hybridized carbons (Fsp3) is 0.467. The van der Waals surface area contributed by atoms with Crippen LogP contribution in [0.1, 0.15) is 17.9 Å². The Labute approximate surface area is 118 Å². The van der Waals surface area contributed by atoms with Gasteiger partial charge in [0.15, 0.2) is 0 Å². The van der Waals surface area contributed by atoms with Crippen LogP contribution in [0.5, 0.6) is 0 Å². The summed E-state index contributed by atoms with van der Waals surface area (Å²) in [5.74, 6) is 1.95. The first-order valence-electron chi connectivity index (χ1n) is 7.06. The Morgan fingerprint density at radius 2 is 2.15 bits per heavy atom. The van der Waals surface area contributed by atoms with Gasteiger partial charge in [0.05, 0.1) is 6.54 Å². The molecule has 0 radical (unpaired) electrons. The number of benzene rings is 1. The minimum absolute atomic E-state index is 0.606. The highest BCUT2D eigenvalue weighted by Gasteiger charge is 2.23. The van der Waals surface area contributed by atoms with Crippen molar-refractivity contribution in [3.63, 3.8) is 0 Å². The number of aryl methyl sites for hydroxylation is 1. The summed E-state index contributed by atoms with van der Waals surface area (Å²) in [6.45, 7) is 5.62. The van der Waals surface area contributed by atoms with E-state index in [1.807, 2.05) is 12.1 Å². The van der Waals surface area contributed by atoms with E-state index in [1.165, 1.54) is 5.56 Å². The Bertz CT molecular complexity index is 564. The molecule has 106 valence electrons. The van der Waals surface area contributed by atoms with Crippen LogP contribution in [0.2, 0.25) is 0 Å². The number of nitrogens with zero attached hydrogens (tertiary/aromatic N) is 3. The van der Waals surface area contributed by atoms with Crippen LogP contribution in [-0.2, 0) is 6.54 Å². The highest BCUT2D eigenvalue weighted by Crippen LogP contribution is 2.20. The lowest BCUT2D eigenvalue weighted by Gasteiger charge is -2.12. The van der Waals surface area contributed by atoms with E-state index >= 15 is 0 Å². The zero-order chi connectivity index (χ0) is 13.9. The van der Waals surface area contributed by atoms with Gasteiger partial charge < -0.3 is 10.3 Å². The van der Waals surface area contributed by atoms with Crippen molar-refractivity contribution in [1.29, 1.82) is 0 Å². The van der Waals surface area contributed by atoms with E-state index in [9.17, 15) is 0 Å². The molecule has 1 fully saturated rings. The Morgan fingerprint density at radius 3 is 2.85 bits per heavy atom. The van der Waals surface area contributed by atoms with Gasteiger partial charge in [-0.3, -0.25) is 4.90 Å². The van der Waals surface area contributed by atoms with Gasteiger partial charge in [0.2, 0.25) is 11.7 Å². The molecule has 1 aromatic heterocycles. The summed E-state index contributed by atoms with van der Waals surface area (Å²) in [6.07, 6.45) is 1.16. The van der Waals surface area contributed by atoms with Gasteiger partial charge in [-0.15, -0.1) is 0 Å². The summed E-state index contributed by atoms with van der Waals surface area (Å²) in [4.78, 5) is 6.80. The lowest BCUT2D eigenvalue weighted by molar-refractivity contribution is 0.261. The molecule has 2 aromatic rings. The molecule has 20 heavy (non-hydrogen) atoms. The largest absolute Gasteiger partial charge is 0.338 e. The summed E-state index contributed by atoms with van der Waals surface area (Å²) < 4.78 is 5.35. The first-order valence-corrected chi connectivity index (χ1v) is 7.06. The van der Waals surface area contributed by atoms with Crippen molar-refractivity contribution < 1.29 is 4.52 Å². The van der Waals surface area contributed by atoms with Gasteiger partial charge in [-0.25, -0.2) is 0 Å². The molecular formula is C15H20N4O. The molecule has 1 unspecified atom stereocenters. The highest BCUT2D eigenvalue weighted by atomic mass is 16.5. The van der Waals surface area contributed by atoms with E-state index in [4.69, 9.17) is 10.3 Å². The van der Waals surface area contributed by atoms with E-state index in [1.54, 1.807) is 0 Å². The molecule has 0 saturated carbocycles. The van der Waals surface area contributed by atoms with E-state index in [0.29, 0.717) is 17.6 Å². The third-order valence-electron chi connectivity index (χ3n) is 3.84. The summed E-state index contributed by atoms with van der Waals surface area (Å²) in [5, 5.41) is 4.06. The molecule has 1 atom stereocenters. The van der Waals surface area contributed by atoms with Crippen molar-refractivity contribution in [3.8, 4) is 11.4 Å². The second-order valence-corrected chi connectivity index (χ2v) is 5.50. The van der Waals surface area contributed by atoms with Gasteiger partial charge in [-0.05, 0) is 32.4 Å². The number of aromatic nitrogens is 2. The second-order valence-electron chi connectivity index (χ2n) is 5.50. The summed E-state index contributed by atoms with van der Waals surface area (Å²) in [7, 11) is 0. The molecule has 1 saturated heterocycles. The molecule has 5 heteroatoms. The fourth-order valence-electron chi connectivity index (χ4n) is 2.58. The normalized spacial score (nSPS) is 19.6. The highest BCUT2D eigenvalue weighted by molar-refractivity contribution is 5.54. The smallest absolute Gasteiger partial charge is 0.241 e. The summed E-state index contributed by atoms with van der Waals surface area (Å²) in [6, 6.07) is 8.14. The first-order chi connectivity index (χ1) is 9.74. The maximum atomic E-state index is 5.70.